The van der Waals surface area contributed by atoms with E-state index in [-0.39, 0.29) is 25.0 Å². The molecule has 0 aromatic heterocycles. The van der Waals surface area contributed by atoms with Crippen molar-refractivity contribution in [2.45, 2.75) is 83.1 Å². The fourth-order valence-corrected chi connectivity index (χ4v) is 5.72. The number of unbranched alkanes of at least 4 members (excludes halogenated alkanes) is 2. The molecule has 2 amide bonds. The lowest BCUT2D eigenvalue weighted by Gasteiger charge is -2.42. The molecule has 1 N–H and O–H groups in total. The lowest BCUT2D eigenvalue weighted by molar-refractivity contribution is -0.155. The van der Waals surface area contributed by atoms with E-state index in [0.29, 0.717) is 38.8 Å². The molecule has 3 saturated heterocycles. The van der Waals surface area contributed by atoms with E-state index in [4.69, 9.17) is 14.6 Å². The van der Waals surface area contributed by atoms with Crippen LogP contribution in [0.4, 0.5) is 0 Å². The van der Waals surface area contributed by atoms with Gasteiger partial charge in [0, 0.05) is 25.2 Å². The minimum absolute atomic E-state index is 0.0930. The molecule has 0 aliphatic carbocycles. The lowest BCUT2D eigenvalue weighted by atomic mass is 9.70. The van der Waals surface area contributed by atoms with Crippen LogP contribution in [-0.4, -0.2) is 82.3 Å². The largest absolute Gasteiger partial charge is 0.466 e. The fraction of sp³-hybridized carbons (Fsp3) is 0.792. The molecule has 8 heteroatoms. The van der Waals surface area contributed by atoms with E-state index in [1.807, 2.05) is 20.8 Å². The van der Waals surface area contributed by atoms with Crippen LogP contribution >= 0.6 is 0 Å². The number of hydrogen-bond donors (Lipinski definition) is 1. The summed E-state index contributed by atoms with van der Waals surface area (Å²) in [7, 11) is 0. The van der Waals surface area contributed by atoms with Gasteiger partial charge < -0.3 is 24.4 Å². The SMILES string of the molecule is C=CCN(C(=O)C1N(CCCCCO)C(=O)[C@@H]2[C@@H](C(=O)OCC)[C@H]3CCC12O3)C(C)(C)C. The zero-order valence-corrected chi connectivity index (χ0v) is 19.8. The standard InChI is InChI=1S/C24H38N2O6/c1-6-13-26(23(3,4)5)21(29)19-24-12-11-16(32-24)17(22(30)31-7-2)18(24)20(28)25(19)14-9-8-10-15-27/h6,16-19,27H,1,7-15H2,2-5H3/t16-,17+,18+,19?,24?/m1/s1. The van der Waals surface area contributed by atoms with Gasteiger partial charge in [0.25, 0.3) is 0 Å². The molecule has 0 aromatic rings. The van der Waals surface area contributed by atoms with E-state index < -0.39 is 41.1 Å². The zero-order chi connectivity index (χ0) is 23.7. The Bertz CT molecular complexity index is 747. The summed E-state index contributed by atoms with van der Waals surface area (Å²) in [5.74, 6) is -2.14. The Balaban J connectivity index is 1.99. The van der Waals surface area contributed by atoms with Gasteiger partial charge in [0.05, 0.1) is 24.5 Å². The van der Waals surface area contributed by atoms with E-state index in [9.17, 15) is 14.4 Å². The van der Waals surface area contributed by atoms with E-state index in [2.05, 4.69) is 6.58 Å². The lowest BCUT2D eigenvalue weighted by Crippen LogP contribution is -2.59. The van der Waals surface area contributed by atoms with Crippen LogP contribution in [0.25, 0.3) is 0 Å². The van der Waals surface area contributed by atoms with E-state index >= 15 is 0 Å². The summed E-state index contributed by atoms with van der Waals surface area (Å²) >= 11 is 0. The van der Waals surface area contributed by atoms with Gasteiger partial charge in [-0.1, -0.05) is 6.08 Å². The maximum atomic E-state index is 14.0. The third kappa shape index (κ3) is 4.07. The van der Waals surface area contributed by atoms with Crippen molar-refractivity contribution in [3.63, 3.8) is 0 Å². The molecular weight excluding hydrogens is 412 g/mol. The molecule has 2 bridgehead atoms. The molecule has 3 fully saturated rings. The molecule has 2 unspecified atom stereocenters. The van der Waals surface area contributed by atoms with Crippen molar-refractivity contribution < 1.29 is 29.0 Å². The van der Waals surface area contributed by atoms with Gasteiger partial charge in [0.1, 0.15) is 11.6 Å². The molecule has 3 rings (SSSR count). The number of likely N-dealkylation sites (tertiary alicyclic amines) is 1. The smallest absolute Gasteiger partial charge is 0.312 e. The molecule has 3 aliphatic rings. The van der Waals surface area contributed by atoms with Crippen LogP contribution in [0.3, 0.4) is 0 Å². The Morgan fingerprint density at radius 1 is 1.34 bits per heavy atom. The Morgan fingerprint density at radius 2 is 2.06 bits per heavy atom. The summed E-state index contributed by atoms with van der Waals surface area (Å²) in [6.07, 6.45) is 4.56. The molecule has 3 heterocycles. The minimum Gasteiger partial charge on any atom is -0.466 e. The van der Waals surface area contributed by atoms with Crippen LogP contribution in [0.15, 0.2) is 12.7 Å². The normalized spacial score (nSPS) is 31.0. The van der Waals surface area contributed by atoms with Gasteiger partial charge in [-0.05, 0) is 59.8 Å². The minimum atomic E-state index is -1.00. The fourth-order valence-electron chi connectivity index (χ4n) is 5.72. The highest BCUT2D eigenvalue weighted by Gasteiger charge is 2.75. The molecule has 0 aromatic carbocycles. The van der Waals surface area contributed by atoms with Crippen molar-refractivity contribution in [2.24, 2.45) is 11.8 Å². The van der Waals surface area contributed by atoms with Crippen LogP contribution in [-0.2, 0) is 23.9 Å². The van der Waals surface area contributed by atoms with Crippen LogP contribution in [0, 0.1) is 11.8 Å². The van der Waals surface area contributed by atoms with Crippen molar-refractivity contribution in [3.8, 4) is 0 Å². The molecule has 1 spiro atoms. The van der Waals surface area contributed by atoms with E-state index in [1.54, 1.807) is 22.8 Å². The number of ether oxygens (including phenoxy) is 2. The Kier molecular flexibility index (Phi) is 7.34. The van der Waals surface area contributed by atoms with Crippen molar-refractivity contribution in [3.05, 3.63) is 12.7 Å². The molecule has 0 radical (unpaired) electrons. The van der Waals surface area contributed by atoms with Gasteiger partial charge >= 0.3 is 5.97 Å². The Labute approximate surface area is 190 Å². The highest BCUT2D eigenvalue weighted by atomic mass is 16.6. The van der Waals surface area contributed by atoms with Gasteiger partial charge in [-0.2, -0.15) is 0 Å². The predicted octanol–water partition coefficient (Wildman–Crippen LogP) is 1.90. The summed E-state index contributed by atoms with van der Waals surface area (Å²) in [5.41, 5.74) is -1.47. The second-order valence-electron chi connectivity index (χ2n) is 10.0. The highest BCUT2D eigenvalue weighted by molar-refractivity contribution is 5.98. The number of fused-ring (bicyclic) bond motifs is 1. The summed E-state index contributed by atoms with van der Waals surface area (Å²) < 4.78 is 11.7. The summed E-state index contributed by atoms with van der Waals surface area (Å²) in [4.78, 5) is 43.9. The van der Waals surface area contributed by atoms with Crippen molar-refractivity contribution in [1.82, 2.24) is 9.80 Å². The molecular formula is C24H38N2O6. The van der Waals surface area contributed by atoms with Crippen LogP contribution in [0.2, 0.25) is 0 Å². The molecule has 8 nitrogen and oxygen atoms in total. The number of aliphatic hydroxyl groups excluding tert-OH is 1. The quantitative estimate of drug-likeness (QED) is 0.310. The molecule has 32 heavy (non-hydrogen) atoms. The third-order valence-corrected chi connectivity index (χ3v) is 7.04. The third-order valence-electron chi connectivity index (χ3n) is 7.04. The Morgan fingerprint density at radius 3 is 2.66 bits per heavy atom. The summed E-state index contributed by atoms with van der Waals surface area (Å²) in [5, 5.41) is 9.11. The van der Waals surface area contributed by atoms with Gasteiger partial charge in [-0.25, -0.2) is 0 Å². The maximum absolute atomic E-state index is 14.0. The second-order valence-corrected chi connectivity index (χ2v) is 10.0. The highest BCUT2D eigenvalue weighted by Crippen LogP contribution is 2.59. The first kappa shape index (κ1) is 24.7. The summed E-state index contributed by atoms with van der Waals surface area (Å²) in [6, 6.07) is -0.780. The zero-order valence-electron chi connectivity index (χ0n) is 19.8. The Hall–Kier alpha value is -1.93. The van der Waals surface area contributed by atoms with Gasteiger partial charge in [0.15, 0.2) is 0 Å². The first-order chi connectivity index (χ1) is 15.1. The average molecular weight is 451 g/mol. The number of aliphatic hydroxyl groups is 1. The number of carbonyl (C=O) groups excluding carboxylic acids is 3. The van der Waals surface area contributed by atoms with Crippen LogP contribution in [0.5, 0.6) is 0 Å². The van der Waals surface area contributed by atoms with Crippen molar-refractivity contribution >= 4 is 17.8 Å². The molecule has 0 saturated carbocycles. The topological polar surface area (TPSA) is 96.4 Å². The molecule has 3 aliphatic heterocycles. The first-order valence-corrected chi connectivity index (χ1v) is 11.8. The molecule has 5 atom stereocenters. The number of hydrogen-bond acceptors (Lipinski definition) is 6. The molecule has 180 valence electrons. The first-order valence-electron chi connectivity index (χ1n) is 11.8. The van der Waals surface area contributed by atoms with E-state index in [1.165, 1.54) is 0 Å². The number of rotatable bonds is 10. The average Bonchev–Trinajstić information content (AvgIpc) is 3.36. The van der Waals surface area contributed by atoms with Gasteiger partial charge in [-0.3, -0.25) is 14.4 Å². The number of carbonyl (C=O) groups is 3. The van der Waals surface area contributed by atoms with Gasteiger partial charge in [-0.15, -0.1) is 6.58 Å². The van der Waals surface area contributed by atoms with Crippen LogP contribution < -0.4 is 0 Å². The predicted molar refractivity (Wildman–Crippen MR) is 119 cm³/mol. The summed E-state index contributed by atoms with van der Waals surface area (Å²) in [6.45, 7) is 12.5. The van der Waals surface area contributed by atoms with Crippen LogP contribution in [0.1, 0.15) is 59.8 Å². The van der Waals surface area contributed by atoms with Gasteiger partial charge in [0.2, 0.25) is 11.8 Å². The van der Waals surface area contributed by atoms with Crippen molar-refractivity contribution in [1.29, 1.82) is 0 Å². The van der Waals surface area contributed by atoms with Crippen molar-refractivity contribution in [2.75, 3.05) is 26.3 Å². The number of amides is 2. The monoisotopic (exact) mass is 450 g/mol. The number of esters is 1. The second kappa shape index (κ2) is 9.51. The maximum Gasteiger partial charge on any atom is 0.312 e. The number of nitrogens with zero attached hydrogens (tertiary/aromatic N) is 2. The van der Waals surface area contributed by atoms with E-state index in [0.717, 1.165) is 6.42 Å².